The van der Waals surface area contributed by atoms with Crippen molar-refractivity contribution >= 4 is 37.7 Å². The van der Waals surface area contributed by atoms with E-state index in [0.29, 0.717) is 0 Å². The highest BCUT2D eigenvalue weighted by Gasteiger charge is 1.96. The zero-order chi connectivity index (χ0) is 56.6. The lowest BCUT2D eigenvalue weighted by atomic mass is 10.1. The van der Waals surface area contributed by atoms with E-state index in [-0.39, 0.29) is 6.29 Å². The summed E-state index contributed by atoms with van der Waals surface area (Å²) < 4.78 is 10.1. The van der Waals surface area contributed by atoms with Gasteiger partial charge in [-0.2, -0.15) is 0 Å². The molecule has 8 nitrogen and oxygen atoms in total. The van der Waals surface area contributed by atoms with Crippen molar-refractivity contribution in [3.8, 4) is 0 Å². The van der Waals surface area contributed by atoms with Crippen LogP contribution in [0.3, 0.4) is 0 Å². The predicted octanol–water partition coefficient (Wildman–Crippen LogP) is 21.4. The van der Waals surface area contributed by atoms with Crippen LogP contribution in [0, 0.1) is 0 Å². The van der Waals surface area contributed by atoms with E-state index >= 15 is 0 Å². The molecule has 0 aromatic heterocycles. The average Bonchev–Trinajstić information content (AvgIpc) is 3.41. The summed E-state index contributed by atoms with van der Waals surface area (Å²) in [5.74, 6) is 0. The molecule has 0 saturated heterocycles. The lowest BCUT2D eigenvalue weighted by molar-refractivity contribution is -0.123. The van der Waals surface area contributed by atoms with Crippen molar-refractivity contribution in [1.82, 2.24) is 0 Å². The van der Waals surface area contributed by atoms with Crippen molar-refractivity contribution in [2.45, 2.75) is 377 Å². The number of carbonyl (C=O) groups is 6. The summed E-state index contributed by atoms with van der Waals surface area (Å²) in [6.45, 7) is 20.6. The van der Waals surface area contributed by atoms with Gasteiger partial charge in [0, 0.05) is 51.7 Å². The van der Waals surface area contributed by atoms with Gasteiger partial charge in [-0.25, -0.2) is 0 Å². The topological polar surface area (TPSA) is 121 Å². The molecule has 8 heteroatoms. The van der Waals surface area contributed by atoms with Gasteiger partial charge in [0.1, 0.15) is 37.7 Å². The number of hydrogen-bond acceptors (Lipinski definition) is 8. The molecule has 0 N–H and O–H groups in total. The fourth-order valence-corrected chi connectivity index (χ4v) is 7.63. The minimum Gasteiger partial charge on any atom is -0.353 e. The van der Waals surface area contributed by atoms with Crippen LogP contribution in [-0.2, 0) is 38.2 Å². The molecule has 0 heterocycles. The van der Waals surface area contributed by atoms with Crippen LogP contribution in [0.2, 0.25) is 0 Å². The molecule has 0 aliphatic carbocycles. The molecular weight excluding hydrogens is 921 g/mol. The summed E-state index contributed by atoms with van der Waals surface area (Å²) in [6.07, 6.45) is 65.0. The van der Waals surface area contributed by atoms with Crippen LogP contribution in [0.25, 0.3) is 0 Å². The molecule has 0 rings (SSSR count). The van der Waals surface area contributed by atoms with E-state index in [9.17, 15) is 28.8 Å². The third-order valence-electron chi connectivity index (χ3n) is 12.4. The third kappa shape index (κ3) is 123. The highest BCUT2D eigenvalue weighted by atomic mass is 16.7. The number of carbonyl (C=O) groups excluding carboxylic acids is 6. The monoisotopic (exact) mass is 1060 g/mol. The van der Waals surface area contributed by atoms with Gasteiger partial charge in [0.2, 0.25) is 0 Å². The first-order valence-corrected chi connectivity index (χ1v) is 32.1. The second-order valence-electron chi connectivity index (χ2n) is 19.9. The van der Waals surface area contributed by atoms with Crippen LogP contribution in [0.5, 0.6) is 0 Å². The molecule has 0 aliphatic heterocycles. The summed E-state index contributed by atoms with van der Waals surface area (Å²) in [5.41, 5.74) is 0. The maximum atomic E-state index is 9.94. The Morgan fingerprint density at radius 3 is 0.446 bits per heavy atom. The van der Waals surface area contributed by atoms with E-state index in [2.05, 4.69) is 41.5 Å². The summed E-state index contributed by atoms with van der Waals surface area (Å²) in [5, 5.41) is 0. The van der Waals surface area contributed by atoms with Crippen molar-refractivity contribution in [3.63, 3.8) is 0 Å². The van der Waals surface area contributed by atoms with Crippen LogP contribution >= 0.6 is 0 Å². The first kappa shape index (κ1) is 85.8. The van der Waals surface area contributed by atoms with Crippen molar-refractivity contribution in [2.75, 3.05) is 13.2 Å². The molecule has 0 saturated carbocycles. The summed E-state index contributed by atoms with van der Waals surface area (Å²) in [6, 6.07) is 0. The van der Waals surface area contributed by atoms with Crippen molar-refractivity contribution in [2.24, 2.45) is 0 Å². The molecule has 0 aliphatic rings. The quantitative estimate of drug-likeness (QED) is 0.0335. The molecule has 0 aromatic rings. The van der Waals surface area contributed by atoms with E-state index < -0.39 is 0 Å². The summed E-state index contributed by atoms with van der Waals surface area (Å²) in [4.78, 5) is 59.6. The number of hydrogen-bond donors (Lipinski definition) is 0. The summed E-state index contributed by atoms with van der Waals surface area (Å²) in [7, 11) is 0. The lowest BCUT2D eigenvalue weighted by Gasteiger charge is -2.09. The molecule has 446 valence electrons. The zero-order valence-electron chi connectivity index (χ0n) is 51.7. The Labute approximate surface area is 464 Å². The maximum absolute atomic E-state index is 9.94. The van der Waals surface area contributed by atoms with Crippen LogP contribution in [0.4, 0.5) is 0 Å². The number of ether oxygens (including phenoxy) is 2. The van der Waals surface area contributed by atoms with Gasteiger partial charge in [-0.15, -0.1) is 0 Å². The van der Waals surface area contributed by atoms with Gasteiger partial charge in [0.05, 0.1) is 0 Å². The molecule has 0 radical (unpaired) electrons. The zero-order valence-corrected chi connectivity index (χ0v) is 51.7. The fourth-order valence-electron chi connectivity index (χ4n) is 7.63. The van der Waals surface area contributed by atoms with Crippen molar-refractivity contribution < 1.29 is 38.2 Å². The fraction of sp³-hybridized carbons (Fsp3) is 0.909. The van der Waals surface area contributed by atoms with Crippen LogP contribution in [0.1, 0.15) is 371 Å². The highest BCUT2D eigenvalue weighted by molar-refractivity contribution is 5.50. The van der Waals surface area contributed by atoms with Gasteiger partial charge in [0.25, 0.3) is 0 Å². The van der Waals surface area contributed by atoms with Gasteiger partial charge in [-0.3, -0.25) is 0 Å². The summed E-state index contributed by atoms with van der Waals surface area (Å²) >= 11 is 0. The number of aldehydes is 6. The van der Waals surface area contributed by atoms with Gasteiger partial charge < -0.3 is 38.2 Å². The Morgan fingerprint density at radius 2 is 0.338 bits per heavy atom. The van der Waals surface area contributed by atoms with E-state index in [4.69, 9.17) is 9.47 Å². The van der Waals surface area contributed by atoms with Crippen LogP contribution < -0.4 is 0 Å². The van der Waals surface area contributed by atoms with Gasteiger partial charge >= 0.3 is 0 Å². The largest absolute Gasteiger partial charge is 0.353 e. The molecule has 0 spiro atoms. The average molecular weight is 1060 g/mol. The van der Waals surface area contributed by atoms with Crippen LogP contribution in [0.15, 0.2) is 0 Å². The van der Waals surface area contributed by atoms with Crippen molar-refractivity contribution in [1.29, 1.82) is 0 Å². The maximum Gasteiger partial charge on any atom is 0.154 e. The molecule has 0 amide bonds. The standard InChI is InChI=1S/6C10H20O.C6H14O2/c6*1-2-3-4-5-6-7-8-9-10-11;1-4-7-6(3)8-5-2/h6*10H,2-9H2,1H3;6H,4-5H2,1-3H3. The molecule has 0 fully saturated rings. The minimum atomic E-state index is -0.0370. The van der Waals surface area contributed by atoms with E-state index in [1.807, 2.05) is 20.8 Å². The molecule has 0 unspecified atom stereocenters. The van der Waals surface area contributed by atoms with Gasteiger partial charge in [0.15, 0.2) is 6.29 Å². The first-order valence-electron chi connectivity index (χ1n) is 32.1. The smallest absolute Gasteiger partial charge is 0.154 e. The highest BCUT2D eigenvalue weighted by Crippen LogP contribution is 2.11. The van der Waals surface area contributed by atoms with Gasteiger partial charge in [-0.1, -0.05) is 273 Å². The number of rotatable bonds is 52. The number of unbranched alkanes of at least 4 members (excludes halogenated alkanes) is 42. The Kier molecular flexibility index (Phi) is 116. The van der Waals surface area contributed by atoms with E-state index in [1.165, 1.54) is 231 Å². The molecule has 0 bridgehead atoms. The second kappa shape index (κ2) is 99.9. The molecule has 74 heavy (non-hydrogen) atoms. The predicted molar refractivity (Wildman–Crippen MR) is 325 cm³/mol. The van der Waals surface area contributed by atoms with Gasteiger partial charge in [-0.05, 0) is 59.3 Å². The Morgan fingerprint density at radius 1 is 0.216 bits per heavy atom. The molecule has 0 atom stereocenters. The Bertz CT molecular complexity index is 752. The Hall–Kier alpha value is -2.06. The first-order chi connectivity index (χ1) is 36.3. The third-order valence-corrected chi connectivity index (χ3v) is 12.4. The normalized spacial score (nSPS) is 9.97. The SMILES string of the molecule is CCCCCCCCCC=O.CCCCCCCCCC=O.CCCCCCCCCC=O.CCCCCCCCCC=O.CCCCCCCCCC=O.CCCCCCCCCC=O.CCOC(C)OCC. The minimum absolute atomic E-state index is 0.0370. The Balaban J connectivity index is -0.000000142. The van der Waals surface area contributed by atoms with Crippen molar-refractivity contribution in [3.05, 3.63) is 0 Å². The van der Waals surface area contributed by atoms with E-state index in [0.717, 1.165) is 128 Å². The van der Waals surface area contributed by atoms with Crippen LogP contribution in [-0.4, -0.2) is 57.2 Å². The second-order valence-corrected chi connectivity index (χ2v) is 19.9. The van der Waals surface area contributed by atoms with E-state index in [1.54, 1.807) is 0 Å². The molecule has 0 aromatic carbocycles. The lowest BCUT2D eigenvalue weighted by Crippen LogP contribution is -2.11. The molecular formula is C66H134O8.